The Bertz CT molecular complexity index is 530. The van der Waals surface area contributed by atoms with Crippen molar-refractivity contribution < 1.29 is 0 Å². The van der Waals surface area contributed by atoms with Crippen LogP contribution in [0.4, 0.5) is 0 Å². The van der Waals surface area contributed by atoms with Crippen LogP contribution in [0.2, 0.25) is 0 Å². The second-order valence-corrected chi connectivity index (χ2v) is 5.10. The molecule has 3 heteroatoms. The molecule has 1 atom stereocenters. The number of aryl methyl sites for hydroxylation is 1. The molecule has 1 fully saturated rings. The lowest BCUT2D eigenvalue weighted by Gasteiger charge is -2.20. The average Bonchev–Trinajstić information content (AvgIpc) is 2.96. The summed E-state index contributed by atoms with van der Waals surface area (Å²) in [5, 5.41) is 4.65. The molecule has 1 saturated heterocycles. The number of nitrogens with zero attached hydrogens (tertiary/aromatic N) is 3. The molecule has 3 nitrogen and oxygen atoms in total. The van der Waals surface area contributed by atoms with Gasteiger partial charge in [0.15, 0.2) is 0 Å². The van der Waals surface area contributed by atoms with Gasteiger partial charge in [-0.3, -0.25) is 4.90 Å². The third-order valence-corrected chi connectivity index (χ3v) is 3.72. The predicted octanol–water partition coefficient (Wildman–Crippen LogP) is 2.95. The van der Waals surface area contributed by atoms with Crippen molar-refractivity contribution in [2.24, 2.45) is 0 Å². The number of hydrogen-bond donors (Lipinski definition) is 0. The summed E-state index contributed by atoms with van der Waals surface area (Å²) in [6.45, 7) is 3.25. The SMILES string of the molecule is Cc1cc(C2CCCN2C)n(-c2ccccc2)n1. The highest BCUT2D eigenvalue weighted by Gasteiger charge is 2.26. The fourth-order valence-corrected chi connectivity index (χ4v) is 2.82. The quantitative estimate of drug-likeness (QED) is 0.806. The molecule has 1 unspecified atom stereocenters. The highest BCUT2D eigenvalue weighted by molar-refractivity contribution is 5.34. The van der Waals surface area contributed by atoms with Gasteiger partial charge in [0.05, 0.1) is 23.1 Å². The van der Waals surface area contributed by atoms with Gasteiger partial charge in [-0.2, -0.15) is 5.10 Å². The number of hydrogen-bond acceptors (Lipinski definition) is 2. The predicted molar refractivity (Wildman–Crippen MR) is 72.9 cm³/mol. The van der Waals surface area contributed by atoms with Gasteiger partial charge in [0.1, 0.15) is 0 Å². The number of rotatable bonds is 2. The molecule has 18 heavy (non-hydrogen) atoms. The van der Waals surface area contributed by atoms with E-state index in [0.29, 0.717) is 6.04 Å². The van der Waals surface area contributed by atoms with Gasteiger partial charge < -0.3 is 0 Å². The van der Waals surface area contributed by atoms with Crippen molar-refractivity contribution in [3.63, 3.8) is 0 Å². The minimum absolute atomic E-state index is 0.506. The van der Waals surface area contributed by atoms with Crippen LogP contribution >= 0.6 is 0 Å². The highest BCUT2D eigenvalue weighted by atomic mass is 15.3. The molecule has 1 aromatic carbocycles. The molecule has 0 spiro atoms. The van der Waals surface area contributed by atoms with Crippen molar-refractivity contribution in [3.8, 4) is 5.69 Å². The molecule has 0 N–H and O–H groups in total. The second kappa shape index (κ2) is 4.58. The van der Waals surface area contributed by atoms with Crippen LogP contribution in [-0.2, 0) is 0 Å². The molecular formula is C15H19N3. The molecule has 1 aromatic heterocycles. The van der Waals surface area contributed by atoms with Crippen LogP contribution in [0.1, 0.15) is 30.3 Å². The van der Waals surface area contributed by atoms with E-state index in [4.69, 9.17) is 0 Å². The summed E-state index contributed by atoms with van der Waals surface area (Å²) in [5.74, 6) is 0. The summed E-state index contributed by atoms with van der Waals surface area (Å²) in [7, 11) is 2.20. The molecular weight excluding hydrogens is 222 g/mol. The summed E-state index contributed by atoms with van der Waals surface area (Å²) in [5.41, 5.74) is 3.56. The lowest BCUT2D eigenvalue weighted by molar-refractivity contribution is 0.307. The zero-order chi connectivity index (χ0) is 12.5. The van der Waals surface area contributed by atoms with Crippen molar-refractivity contribution in [3.05, 3.63) is 47.8 Å². The Morgan fingerprint density at radius 3 is 2.67 bits per heavy atom. The number of para-hydroxylation sites is 1. The van der Waals surface area contributed by atoms with Crippen LogP contribution in [0.5, 0.6) is 0 Å². The van der Waals surface area contributed by atoms with E-state index in [2.05, 4.69) is 59.0 Å². The van der Waals surface area contributed by atoms with Crippen molar-refractivity contribution in [1.29, 1.82) is 0 Å². The minimum Gasteiger partial charge on any atom is -0.298 e. The topological polar surface area (TPSA) is 21.1 Å². The van der Waals surface area contributed by atoms with Crippen LogP contribution in [-0.4, -0.2) is 28.3 Å². The van der Waals surface area contributed by atoms with Crippen LogP contribution in [0.15, 0.2) is 36.4 Å². The molecule has 0 saturated carbocycles. The molecule has 2 aromatic rings. The Morgan fingerprint density at radius 2 is 2.00 bits per heavy atom. The van der Waals surface area contributed by atoms with E-state index in [1.807, 2.05) is 6.07 Å². The van der Waals surface area contributed by atoms with E-state index < -0.39 is 0 Å². The summed E-state index contributed by atoms with van der Waals surface area (Å²) >= 11 is 0. The standard InChI is InChI=1S/C15H19N3/c1-12-11-15(14-9-6-10-17(14)2)18(16-12)13-7-4-3-5-8-13/h3-5,7-8,11,14H,6,9-10H2,1-2H3. The summed E-state index contributed by atoms with van der Waals surface area (Å²) < 4.78 is 2.10. The Hall–Kier alpha value is -1.61. The number of benzene rings is 1. The van der Waals surface area contributed by atoms with Gasteiger partial charge in [0, 0.05) is 0 Å². The van der Waals surface area contributed by atoms with E-state index in [9.17, 15) is 0 Å². The third kappa shape index (κ3) is 1.95. The van der Waals surface area contributed by atoms with Crippen molar-refractivity contribution in [2.75, 3.05) is 13.6 Å². The van der Waals surface area contributed by atoms with E-state index in [1.165, 1.54) is 25.1 Å². The summed E-state index contributed by atoms with van der Waals surface area (Å²) in [6, 6.07) is 13.1. The Balaban J connectivity index is 2.05. The van der Waals surface area contributed by atoms with E-state index in [1.54, 1.807) is 0 Å². The lowest BCUT2D eigenvalue weighted by atomic mass is 10.1. The molecule has 0 amide bonds. The van der Waals surface area contributed by atoms with Crippen molar-refractivity contribution in [2.45, 2.75) is 25.8 Å². The third-order valence-electron chi connectivity index (χ3n) is 3.72. The maximum Gasteiger partial charge on any atom is 0.0649 e. The smallest absolute Gasteiger partial charge is 0.0649 e. The molecule has 0 aliphatic carbocycles. The van der Waals surface area contributed by atoms with Crippen LogP contribution in [0, 0.1) is 6.92 Å². The minimum atomic E-state index is 0.506. The molecule has 1 aliphatic heterocycles. The van der Waals surface area contributed by atoms with Crippen LogP contribution in [0.25, 0.3) is 5.69 Å². The van der Waals surface area contributed by atoms with Crippen molar-refractivity contribution >= 4 is 0 Å². The van der Waals surface area contributed by atoms with E-state index in [-0.39, 0.29) is 0 Å². The van der Waals surface area contributed by atoms with Crippen LogP contribution < -0.4 is 0 Å². The van der Waals surface area contributed by atoms with E-state index in [0.717, 1.165) is 11.4 Å². The van der Waals surface area contributed by atoms with Gasteiger partial charge in [-0.1, -0.05) is 18.2 Å². The first-order valence-electron chi connectivity index (χ1n) is 6.58. The Morgan fingerprint density at radius 1 is 1.22 bits per heavy atom. The first-order valence-corrected chi connectivity index (χ1v) is 6.58. The molecule has 0 radical (unpaired) electrons. The maximum atomic E-state index is 4.65. The van der Waals surface area contributed by atoms with Crippen molar-refractivity contribution in [1.82, 2.24) is 14.7 Å². The largest absolute Gasteiger partial charge is 0.298 e. The first kappa shape index (κ1) is 11.5. The van der Waals surface area contributed by atoms with Crippen LogP contribution in [0.3, 0.4) is 0 Å². The number of likely N-dealkylation sites (tertiary alicyclic amines) is 1. The Kier molecular flexibility index (Phi) is 2.92. The van der Waals surface area contributed by atoms with Gasteiger partial charge in [-0.05, 0) is 51.6 Å². The highest BCUT2D eigenvalue weighted by Crippen LogP contribution is 2.31. The maximum absolute atomic E-state index is 4.65. The molecule has 94 valence electrons. The van der Waals surface area contributed by atoms with Gasteiger partial charge in [-0.15, -0.1) is 0 Å². The van der Waals surface area contributed by atoms with Gasteiger partial charge in [0.2, 0.25) is 0 Å². The number of aromatic nitrogens is 2. The zero-order valence-corrected chi connectivity index (χ0v) is 11.0. The average molecular weight is 241 g/mol. The summed E-state index contributed by atoms with van der Waals surface area (Å²) in [6.07, 6.45) is 2.51. The molecule has 3 rings (SSSR count). The second-order valence-electron chi connectivity index (χ2n) is 5.10. The zero-order valence-electron chi connectivity index (χ0n) is 11.0. The monoisotopic (exact) mass is 241 g/mol. The van der Waals surface area contributed by atoms with Gasteiger partial charge in [0.25, 0.3) is 0 Å². The fraction of sp³-hybridized carbons (Fsp3) is 0.400. The fourth-order valence-electron chi connectivity index (χ4n) is 2.82. The van der Waals surface area contributed by atoms with E-state index >= 15 is 0 Å². The first-order chi connectivity index (χ1) is 8.75. The Labute approximate surface area is 108 Å². The normalized spacial score (nSPS) is 20.4. The van der Waals surface area contributed by atoms with Gasteiger partial charge in [-0.25, -0.2) is 4.68 Å². The molecule has 2 heterocycles. The molecule has 1 aliphatic rings. The summed E-state index contributed by atoms with van der Waals surface area (Å²) in [4.78, 5) is 2.43. The molecule has 0 bridgehead atoms. The lowest BCUT2D eigenvalue weighted by Crippen LogP contribution is -2.20. The van der Waals surface area contributed by atoms with Gasteiger partial charge >= 0.3 is 0 Å².